The molecule has 0 N–H and O–H groups in total. The van der Waals surface area contributed by atoms with Gasteiger partial charge in [0.2, 0.25) is 0 Å². The Hall–Kier alpha value is -1.31. The Morgan fingerprint density at radius 3 is 2.35 bits per heavy atom. The zero-order chi connectivity index (χ0) is 13.1. The van der Waals surface area contributed by atoms with Gasteiger partial charge in [-0.05, 0) is 42.0 Å². The number of carbonyl (C=O) groups excluding carboxylic acids is 1. The van der Waals surface area contributed by atoms with Gasteiger partial charge in [-0.15, -0.1) is 0 Å². The first-order valence-corrected chi connectivity index (χ1v) is 6.01. The van der Waals surface area contributed by atoms with Crippen LogP contribution in [0.15, 0.2) is 18.2 Å². The molecule has 0 saturated carbocycles. The molecule has 0 aliphatic carbocycles. The number of hydrogen-bond acceptors (Lipinski definition) is 2. The molecule has 0 bridgehead atoms. The molecule has 1 aromatic rings. The summed E-state index contributed by atoms with van der Waals surface area (Å²) in [5, 5.41) is 0. The minimum absolute atomic E-state index is 0.0967. The first-order valence-electron chi connectivity index (χ1n) is 6.01. The van der Waals surface area contributed by atoms with Gasteiger partial charge in [0.1, 0.15) is 11.5 Å². The van der Waals surface area contributed by atoms with Gasteiger partial charge < -0.3 is 9.53 Å². The summed E-state index contributed by atoms with van der Waals surface area (Å²) in [5.41, 5.74) is 2.51. The van der Waals surface area contributed by atoms with Crippen LogP contribution in [-0.4, -0.2) is 12.9 Å². The Morgan fingerprint density at radius 2 is 1.88 bits per heavy atom. The molecule has 1 aromatic carbocycles. The molecule has 0 aliphatic heterocycles. The number of Topliss-reactive ketones (excluding diaryl/α,β-unsaturated/α-hetero) is 1. The predicted molar refractivity (Wildman–Crippen MR) is 70.7 cm³/mol. The monoisotopic (exact) mass is 234 g/mol. The third-order valence-corrected chi connectivity index (χ3v) is 2.83. The van der Waals surface area contributed by atoms with Crippen LogP contribution in [0, 0.1) is 0 Å². The quantitative estimate of drug-likeness (QED) is 0.796. The topological polar surface area (TPSA) is 26.3 Å². The van der Waals surface area contributed by atoms with Crippen molar-refractivity contribution in [2.24, 2.45) is 0 Å². The molecule has 0 aromatic heterocycles. The highest BCUT2D eigenvalue weighted by Crippen LogP contribution is 2.28. The van der Waals surface area contributed by atoms with Crippen LogP contribution in [0.4, 0.5) is 0 Å². The average molecular weight is 234 g/mol. The van der Waals surface area contributed by atoms with Crippen LogP contribution in [0.5, 0.6) is 5.75 Å². The Labute approximate surface area is 104 Å². The predicted octanol–water partition coefficient (Wildman–Crippen LogP) is 3.51. The van der Waals surface area contributed by atoms with E-state index in [0.29, 0.717) is 6.42 Å². The summed E-state index contributed by atoms with van der Waals surface area (Å²) in [6.45, 7) is 8.16. The maximum atomic E-state index is 11.0. The van der Waals surface area contributed by atoms with Crippen LogP contribution in [0.25, 0.3) is 0 Å². The number of carbonyl (C=O) groups is 1. The van der Waals surface area contributed by atoms with Crippen molar-refractivity contribution in [2.45, 2.75) is 46.0 Å². The van der Waals surface area contributed by atoms with Gasteiger partial charge >= 0.3 is 0 Å². The molecule has 0 spiro atoms. The second-order valence-electron chi connectivity index (χ2n) is 5.52. The van der Waals surface area contributed by atoms with E-state index in [9.17, 15) is 4.79 Å². The second kappa shape index (κ2) is 5.35. The molecule has 17 heavy (non-hydrogen) atoms. The van der Waals surface area contributed by atoms with E-state index >= 15 is 0 Å². The Balaban J connectivity index is 3.01. The molecule has 2 heteroatoms. The lowest BCUT2D eigenvalue weighted by atomic mass is 9.85. The van der Waals surface area contributed by atoms with Crippen molar-refractivity contribution in [2.75, 3.05) is 7.11 Å². The highest BCUT2D eigenvalue weighted by molar-refractivity contribution is 5.75. The molecule has 0 atom stereocenters. The van der Waals surface area contributed by atoms with Crippen LogP contribution >= 0.6 is 0 Å². The highest BCUT2D eigenvalue weighted by Gasteiger charge is 2.15. The van der Waals surface area contributed by atoms with E-state index in [-0.39, 0.29) is 11.2 Å². The van der Waals surface area contributed by atoms with Crippen molar-refractivity contribution < 1.29 is 9.53 Å². The largest absolute Gasteiger partial charge is 0.497 e. The Morgan fingerprint density at radius 1 is 1.24 bits per heavy atom. The fraction of sp³-hybridized carbons (Fsp3) is 0.533. The second-order valence-corrected chi connectivity index (χ2v) is 5.52. The standard InChI is InChI=1S/C15H22O2/c1-11(16)6-7-12-8-13(15(2,3)4)10-14(9-12)17-5/h8-10H,6-7H2,1-5H3. The van der Waals surface area contributed by atoms with Crippen LogP contribution in [-0.2, 0) is 16.6 Å². The lowest BCUT2D eigenvalue weighted by Gasteiger charge is -2.21. The lowest BCUT2D eigenvalue weighted by Crippen LogP contribution is -2.12. The van der Waals surface area contributed by atoms with Crippen LogP contribution in [0.3, 0.4) is 0 Å². The van der Waals surface area contributed by atoms with Gasteiger partial charge in [-0.25, -0.2) is 0 Å². The molecule has 0 fully saturated rings. The first-order chi connectivity index (χ1) is 7.82. The summed E-state index contributed by atoms with van der Waals surface area (Å²) in [4.78, 5) is 11.0. The molecule has 1 rings (SSSR count). The molecule has 0 heterocycles. The van der Waals surface area contributed by atoms with Gasteiger partial charge in [-0.3, -0.25) is 0 Å². The number of rotatable bonds is 4. The van der Waals surface area contributed by atoms with Gasteiger partial charge in [0.05, 0.1) is 7.11 Å². The van der Waals surface area contributed by atoms with Crippen molar-refractivity contribution in [3.05, 3.63) is 29.3 Å². The van der Waals surface area contributed by atoms with E-state index in [4.69, 9.17) is 4.74 Å². The number of methoxy groups -OCH3 is 1. The van der Waals surface area contributed by atoms with E-state index < -0.39 is 0 Å². The van der Waals surface area contributed by atoms with Crippen molar-refractivity contribution in [1.29, 1.82) is 0 Å². The molecular formula is C15H22O2. The molecule has 0 aliphatic rings. The Bertz CT molecular complexity index is 400. The number of benzene rings is 1. The van der Waals surface area contributed by atoms with Crippen molar-refractivity contribution in [3.63, 3.8) is 0 Å². The van der Waals surface area contributed by atoms with E-state index in [1.54, 1.807) is 14.0 Å². The van der Waals surface area contributed by atoms with Crippen LogP contribution in [0.2, 0.25) is 0 Å². The van der Waals surface area contributed by atoms with Gasteiger partial charge in [0.25, 0.3) is 0 Å². The zero-order valence-corrected chi connectivity index (χ0v) is 11.5. The maximum Gasteiger partial charge on any atom is 0.130 e. The molecule has 0 radical (unpaired) electrons. The molecule has 0 unspecified atom stereocenters. The number of ether oxygens (including phenoxy) is 1. The SMILES string of the molecule is COc1cc(CCC(C)=O)cc(C(C)(C)C)c1. The van der Waals surface area contributed by atoms with Gasteiger partial charge in [0, 0.05) is 6.42 Å². The third kappa shape index (κ3) is 4.22. The Kier molecular flexibility index (Phi) is 4.33. The maximum absolute atomic E-state index is 11.0. The van der Waals surface area contributed by atoms with Crippen LogP contribution < -0.4 is 4.74 Å². The first kappa shape index (κ1) is 13.8. The molecular weight excluding hydrogens is 212 g/mol. The van der Waals surface area contributed by atoms with E-state index in [2.05, 4.69) is 32.9 Å². The summed E-state index contributed by atoms with van der Waals surface area (Å²) >= 11 is 0. The van der Waals surface area contributed by atoms with Gasteiger partial charge in [-0.2, -0.15) is 0 Å². The summed E-state index contributed by atoms with van der Waals surface area (Å²) in [7, 11) is 1.68. The fourth-order valence-corrected chi connectivity index (χ4v) is 1.68. The molecule has 94 valence electrons. The van der Waals surface area contributed by atoms with Crippen LogP contribution in [0.1, 0.15) is 45.2 Å². The van der Waals surface area contributed by atoms with E-state index in [0.717, 1.165) is 12.2 Å². The molecule has 2 nitrogen and oxygen atoms in total. The molecule has 0 saturated heterocycles. The van der Waals surface area contributed by atoms with E-state index in [1.165, 1.54) is 11.1 Å². The highest BCUT2D eigenvalue weighted by atomic mass is 16.5. The van der Waals surface area contributed by atoms with Crippen molar-refractivity contribution in [3.8, 4) is 5.75 Å². The smallest absolute Gasteiger partial charge is 0.130 e. The van der Waals surface area contributed by atoms with Crippen molar-refractivity contribution >= 4 is 5.78 Å². The number of hydrogen-bond donors (Lipinski definition) is 0. The summed E-state index contributed by atoms with van der Waals surface area (Å²) in [5.74, 6) is 1.10. The van der Waals surface area contributed by atoms with E-state index in [1.807, 2.05) is 6.07 Å². The van der Waals surface area contributed by atoms with Crippen molar-refractivity contribution in [1.82, 2.24) is 0 Å². The summed E-state index contributed by atoms with van der Waals surface area (Å²) in [6.07, 6.45) is 1.38. The fourth-order valence-electron chi connectivity index (χ4n) is 1.68. The normalized spacial score (nSPS) is 11.4. The van der Waals surface area contributed by atoms with Gasteiger partial charge in [-0.1, -0.05) is 26.8 Å². The minimum Gasteiger partial charge on any atom is -0.497 e. The number of aryl methyl sites for hydroxylation is 1. The third-order valence-electron chi connectivity index (χ3n) is 2.83. The zero-order valence-electron chi connectivity index (χ0n) is 11.5. The molecule has 0 amide bonds. The number of ketones is 1. The summed E-state index contributed by atoms with van der Waals surface area (Å²) in [6, 6.07) is 6.25. The average Bonchev–Trinajstić information content (AvgIpc) is 2.24. The summed E-state index contributed by atoms with van der Waals surface area (Å²) < 4.78 is 5.31. The van der Waals surface area contributed by atoms with Gasteiger partial charge in [0.15, 0.2) is 0 Å². The lowest BCUT2D eigenvalue weighted by molar-refractivity contribution is -0.116. The minimum atomic E-state index is 0.0967.